The molecule has 0 aromatic carbocycles. The lowest BCUT2D eigenvalue weighted by Crippen LogP contribution is -2.53. The number of fused-ring (bicyclic) bond motifs is 1. The fourth-order valence-electron chi connectivity index (χ4n) is 2.82. The molecule has 0 aliphatic carbocycles. The van der Waals surface area contributed by atoms with Crippen LogP contribution >= 0.6 is 0 Å². The Balaban J connectivity index is 2.00. The molecule has 2 saturated heterocycles. The van der Waals surface area contributed by atoms with Gasteiger partial charge in [-0.05, 0) is 32.4 Å². The standard InChI is InChI=1S/C11H22N2/c1-2-12-9-6-10-13-8-5-3-4-7-11(12)13/h11H,2-10H2,1H3. The van der Waals surface area contributed by atoms with Crippen LogP contribution in [0.15, 0.2) is 0 Å². The Morgan fingerprint density at radius 3 is 2.69 bits per heavy atom. The summed E-state index contributed by atoms with van der Waals surface area (Å²) in [5.41, 5.74) is 0. The molecule has 0 spiro atoms. The quantitative estimate of drug-likeness (QED) is 0.611. The Hall–Kier alpha value is -0.0800. The van der Waals surface area contributed by atoms with Crippen LogP contribution in [0.2, 0.25) is 0 Å². The van der Waals surface area contributed by atoms with Crippen LogP contribution in [0.5, 0.6) is 0 Å². The van der Waals surface area contributed by atoms with Crippen LogP contribution in [-0.4, -0.2) is 42.1 Å². The van der Waals surface area contributed by atoms with Crippen LogP contribution < -0.4 is 0 Å². The van der Waals surface area contributed by atoms with E-state index in [-0.39, 0.29) is 0 Å². The average molecular weight is 182 g/mol. The number of nitrogens with zero attached hydrogens (tertiary/aromatic N) is 2. The highest BCUT2D eigenvalue weighted by Gasteiger charge is 2.28. The van der Waals surface area contributed by atoms with E-state index >= 15 is 0 Å². The van der Waals surface area contributed by atoms with Gasteiger partial charge in [0.15, 0.2) is 0 Å². The lowest BCUT2D eigenvalue weighted by Gasteiger charge is -2.42. The zero-order valence-corrected chi connectivity index (χ0v) is 8.84. The van der Waals surface area contributed by atoms with Gasteiger partial charge in [-0.1, -0.05) is 19.8 Å². The molecule has 0 aromatic rings. The van der Waals surface area contributed by atoms with E-state index in [1.54, 1.807) is 0 Å². The third-order valence-electron chi connectivity index (χ3n) is 3.55. The Kier molecular flexibility index (Phi) is 3.23. The van der Waals surface area contributed by atoms with Gasteiger partial charge in [-0.2, -0.15) is 0 Å². The summed E-state index contributed by atoms with van der Waals surface area (Å²) in [6.07, 6.45) is 7.90. The van der Waals surface area contributed by atoms with Crippen molar-refractivity contribution < 1.29 is 0 Å². The third-order valence-corrected chi connectivity index (χ3v) is 3.55. The normalized spacial score (nSPS) is 32.5. The van der Waals surface area contributed by atoms with E-state index in [0.717, 1.165) is 6.17 Å². The largest absolute Gasteiger partial charge is 0.288 e. The van der Waals surface area contributed by atoms with E-state index in [0.29, 0.717) is 0 Å². The van der Waals surface area contributed by atoms with E-state index in [4.69, 9.17) is 0 Å². The molecule has 0 bridgehead atoms. The minimum atomic E-state index is 0.793. The second-order valence-corrected chi connectivity index (χ2v) is 4.35. The van der Waals surface area contributed by atoms with Crippen molar-refractivity contribution in [1.29, 1.82) is 0 Å². The van der Waals surface area contributed by atoms with Gasteiger partial charge in [0, 0.05) is 13.1 Å². The molecule has 2 nitrogen and oxygen atoms in total. The molecule has 0 amide bonds. The zero-order valence-electron chi connectivity index (χ0n) is 8.84. The highest BCUT2D eigenvalue weighted by atomic mass is 15.4. The molecule has 0 radical (unpaired) electrons. The second-order valence-electron chi connectivity index (χ2n) is 4.35. The number of hydrogen-bond donors (Lipinski definition) is 0. The average Bonchev–Trinajstić information content (AvgIpc) is 2.41. The number of hydrogen-bond acceptors (Lipinski definition) is 2. The molecule has 1 unspecified atom stereocenters. The van der Waals surface area contributed by atoms with Crippen molar-refractivity contribution in [3.8, 4) is 0 Å². The van der Waals surface area contributed by atoms with Gasteiger partial charge < -0.3 is 0 Å². The van der Waals surface area contributed by atoms with Crippen molar-refractivity contribution in [3.05, 3.63) is 0 Å². The molecule has 13 heavy (non-hydrogen) atoms. The van der Waals surface area contributed by atoms with Crippen molar-refractivity contribution in [2.45, 2.75) is 45.2 Å². The van der Waals surface area contributed by atoms with Crippen LogP contribution in [0, 0.1) is 0 Å². The van der Waals surface area contributed by atoms with Gasteiger partial charge in [0.1, 0.15) is 0 Å². The lowest BCUT2D eigenvalue weighted by atomic mass is 10.1. The van der Waals surface area contributed by atoms with E-state index in [2.05, 4.69) is 16.7 Å². The van der Waals surface area contributed by atoms with Crippen LogP contribution in [0.25, 0.3) is 0 Å². The van der Waals surface area contributed by atoms with E-state index in [9.17, 15) is 0 Å². The molecule has 2 aliphatic heterocycles. The Bertz CT molecular complexity index is 158. The van der Waals surface area contributed by atoms with Crippen LogP contribution in [0.3, 0.4) is 0 Å². The van der Waals surface area contributed by atoms with Crippen LogP contribution in [0.1, 0.15) is 39.0 Å². The SMILES string of the molecule is CCN1CCCN2CCCCCC12. The molecule has 0 saturated carbocycles. The summed E-state index contributed by atoms with van der Waals surface area (Å²) in [7, 11) is 0. The van der Waals surface area contributed by atoms with Gasteiger partial charge in [-0.25, -0.2) is 0 Å². The minimum absolute atomic E-state index is 0.793. The summed E-state index contributed by atoms with van der Waals surface area (Å²) >= 11 is 0. The molecule has 2 aliphatic rings. The molecule has 0 aromatic heterocycles. The number of rotatable bonds is 1. The Labute approximate surface area is 81.9 Å². The lowest BCUT2D eigenvalue weighted by molar-refractivity contribution is 0.00889. The maximum Gasteiger partial charge on any atom is 0.0622 e. The molecule has 2 heteroatoms. The fraction of sp³-hybridized carbons (Fsp3) is 1.00. The summed E-state index contributed by atoms with van der Waals surface area (Å²) in [6.45, 7) is 7.57. The first-order valence-electron chi connectivity index (χ1n) is 5.90. The Morgan fingerprint density at radius 1 is 1.00 bits per heavy atom. The van der Waals surface area contributed by atoms with Gasteiger partial charge >= 0.3 is 0 Å². The van der Waals surface area contributed by atoms with E-state index in [1.807, 2.05) is 0 Å². The minimum Gasteiger partial charge on any atom is -0.288 e. The third kappa shape index (κ3) is 2.05. The first-order valence-corrected chi connectivity index (χ1v) is 5.90. The highest BCUT2D eigenvalue weighted by molar-refractivity contribution is 4.80. The van der Waals surface area contributed by atoms with Crippen LogP contribution in [-0.2, 0) is 0 Å². The van der Waals surface area contributed by atoms with Crippen molar-refractivity contribution in [3.63, 3.8) is 0 Å². The smallest absolute Gasteiger partial charge is 0.0622 e. The predicted molar refractivity (Wildman–Crippen MR) is 55.7 cm³/mol. The highest BCUT2D eigenvalue weighted by Crippen LogP contribution is 2.23. The van der Waals surface area contributed by atoms with Gasteiger partial charge in [-0.15, -0.1) is 0 Å². The fourth-order valence-corrected chi connectivity index (χ4v) is 2.82. The maximum atomic E-state index is 2.71. The molecule has 2 rings (SSSR count). The van der Waals surface area contributed by atoms with E-state index in [1.165, 1.54) is 58.3 Å². The topological polar surface area (TPSA) is 6.48 Å². The molecule has 2 heterocycles. The van der Waals surface area contributed by atoms with Crippen molar-refractivity contribution >= 4 is 0 Å². The second kappa shape index (κ2) is 4.43. The first kappa shape index (κ1) is 9.47. The van der Waals surface area contributed by atoms with E-state index < -0.39 is 0 Å². The van der Waals surface area contributed by atoms with Gasteiger partial charge in [0.2, 0.25) is 0 Å². The van der Waals surface area contributed by atoms with Crippen molar-refractivity contribution in [2.75, 3.05) is 26.2 Å². The first-order chi connectivity index (χ1) is 6.42. The summed E-state index contributed by atoms with van der Waals surface area (Å²) in [5.74, 6) is 0. The molecule has 2 fully saturated rings. The molecule has 0 N–H and O–H groups in total. The summed E-state index contributed by atoms with van der Waals surface area (Å²) in [5, 5.41) is 0. The monoisotopic (exact) mass is 182 g/mol. The predicted octanol–water partition coefficient (Wildman–Crippen LogP) is 1.91. The van der Waals surface area contributed by atoms with Gasteiger partial charge in [0.25, 0.3) is 0 Å². The summed E-state index contributed by atoms with van der Waals surface area (Å²) < 4.78 is 0. The maximum absolute atomic E-state index is 2.71. The Morgan fingerprint density at radius 2 is 1.85 bits per heavy atom. The zero-order chi connectivity index (χ0) is 9.10. The molecule has 1 atom stereocenters. The molecular weight excluding hydrogens is 160 g/mol. The van der Waals surface area contributed by atoms with Crippen LogP contribution in [0.4, 0.5) is 0 Å². The summed E-state index contributed by atoms with van der Waals surface area (Å²) in [4.78, 5) is 5.37. The summed E-state index contributed by atoms with van der Waals surface area (Å²) in [6, 6.07) is 0. The van der Waals surface area contributed by atoms with Crippen molar-refractivity contribution in [2.24, 2.45) is 0 Å². The van der Waals surface area contributed by atoms with Gasteiger partial charge in [-0.3, -0.25) is 9.80 Å². The van der Waals surface area contributed by atoms with Crippen molar-refractivity contribution in [1.82, 2.24) is 9.80 Å². The molecule has 76 valence electrons. The molecular formula is C11H22N2. The van der Waals surface area contributed by atoms with Gasteiger partial charge in [0.05, 0.1) is 6.17 Å².